The molecule has 1 aromatic carbocycles. The molecule has 2 rings (SSSR count). The number of halogens is 3. The molecule has 0 amide bonds. The van der Waals surface area contributed by atoms with Crippen LogP contribution in [0.15, 0.2) is 22.7 Å². The van der Waals surface area contributed by atoms with Gasteiger partial charge in [0, 0.05) is 42.3 Å². The summed E-state index contributed by atoms with van der Waals surface area (Å²) in [5, 5.41) is 13.2. The quantitative estimate of drug-likeness (QED) is 0.854. The molecular formula is C12H19BrCl2N2O. The van der Waals surface area contributed by atoms with E-state index in [4.69, 9.17) is 0 Å². The largest absolute Gasteiger partial charge is 0.508 e. The summed E-state index contributed by atoms with van der Waals surface area (Å²) in [7, 11) is 0. The molecule has 0 spiro atoms. The minimum Gasteiger partial charge on any atom is -0.508 e. The number of piperazine rings is 1. The molecule has 1 aliphatic rings. The average molecular weight is 358 g/mol. The molecule has 0 bridgehead atoms. The van der Waals surface area contributed by atoms with Crippen molar-refractivity contribution in [2.45, 2.75) is 13.0 Å². The number of benzene rings is 1. The second-order valence-corrected chi connectivity index (χ2v) is 5.08. The highest BCUT2D eigenvalue weighted by atomic mass is 79.9. The van der Waals surface area contributed by atoms with E-state index in [1.165, 1.54) is 0 Å². The second kappa shape index (κ2) is 8.23. The molecule has 2 N–H and O–H groups in total. The van der Waals surface area contributed by atoms with Gasteiger partial charge in [-0.3, -0.25) is 4.90 Å². The van der Waals surface area contributed by atoms with Crippen LogP contribution in [0.25, 0.3) is 0 Å². The zero-order chi connectivity index (χ0) is 11.5. The first kappa shape index (κ1) is 18.0. The fourth-order valence-corrected chi connectivity index (χ4v) is 2.50. The standard InChI is InChI=1S/C12H17BrN2O.2ClH/c1-9(15-6-4-14-5-7-15)11-8-10(13)2-3-12(11)16;;/h2-3,8-9,14,16H,4-7H2,1H3;2*1H/t9-;;/m1../s1. The van der Waals surface area contributed by atoms with Crippen LogP contribution in [0.2, 0.25) is 0 Å². The summed E-state index contributed by atoms with van der Waals surface area (Å²) < 4.78 is 1.02. The van der Waals surface area contributed by atoms with Gasteiger partial charge in [0.05, 0.1) is 0 Å². The number of nitrogens with one attached hydrogen (secondary N) is 1. The summed E-state index contributed by atoms with van der Waals surface area (Å²) in [6.07, 6.45) is 0. The molecule has 18 heavy (non-hydrogen) atoms. The third kappa shape index (κ3) is 4.28. The van der Waals surface area contributed by atoms with Crippen molar-refractivity contribution in [3.63, 3.8) is 0 Å². The number of hydrogen-bond acceptors (Lipinski definition) is 3. The van der Waals surface area contributed by atoms with Crippen LogP contribution in [0.4, 0.5) is 0 Å². The Bertz CT molecular complexity index is 373. The van der Waals surface area contributed by atoms with E-state index < -0.39 is 0 Å². The Hall–Kier alpha value is -0.000000000000000111. The molecule has 0 radical (unpaired) electrons. The SMILES string of the molecule is C[C@H](c1cc(Br)ccc1O)N1CCNCC1.Cl.Cl. The zero-order valence-electron chi connectivity index (χ0n) is 10.2. The molecule has 0 unspecified atom stereocenters. The number of phenolic OH excluding ortho intramolecular Hbond substituents is 1. The van der Waals surface area contributed by atoms with E-state index in [1.807, 2.05) is 12.1 Å². The Labute approximate surface area is 129 Å². The van der Waals surface area contributed by atoms with E-state index in [2.05, 4.69) is 33.1 Å². The lowest BCUT2D eigenvalue weighted by Crippen LogP contribution is -2.44. The van der Waals surface area contributed by atoms with Crippen LogP contribution in [-0.4, -0.2) is 36.2 Å². The third-order valence-corrected chi connectivity index (χ3v) is 3.63. The molecule has 1 heterocycles. The van der Waals surface area contributed by atoms with E-state index in [-0.39, 0.29) is 30.9 Å². The van der Waals surface area contributed by atoms with Gasteiger partial charge in [-0.15, -0.1) is 24.8 Å². The summed E-state index contributed by atoms with van der Waals surface area (Å²) in [6, 6.07) is 5.88. The Morgan fingerprint density at radius 3 is 2.50 bits per heavy atom. The topological polar surface area (TPSA) is 35.5 Å². The van der Waals surface area contributed by atoms with E-state index in [0.29, 0.717) is 5.75 Å². The molecular weight excluding hydrogens is 339 g/mol. The maximum atomic E-state index is 9.87. The number of rotatable bonds is 2. The van der Waals surface area contributed by atoms with Crippen molar-refractivity contribution in [2.24, 2.45) is 0 Å². The van der Waals surface area contributed by atoms with Crippen molar-refractivity contribution in [2.75, 3.05) is 26.2 Å². The van der Waals surface area contributed by atoms with E-state index >= 15 is 0 Å². The maximum absolute atomic E-state index is 9.87. The summed E-state index contributed by atoms with van der Waals surface area (Å²) in [4.78, 5) is 2.39. The van der Waals surface area contributed by atoms with Gasteiger partial charge in [-0.25, -0.2) is 0 Å². The number of phenols is 1. The van der Waals surface area contributed by atoms with Crippen molar-refractivity contribution in [3.8, 4) is 5.75 Å². The van der Waals surface area contributed by atoms with E-state index in [9.17, 15) is 5.11 Å². The first-order chi connectivity index (χ1) is 7.68. The average Bonchev–Trinajstić information content (AvgIpc) is 2.32. The van der Waals surface area contributed by atoms with E-state index in [0.717, 1.165) is 36.2 Å². The summed E-state index contributed by atoms with van der Waals surface area (Å²) in [5.41, 5.74) is 0.997. The molecule has 0 saturated carbocycles. The van der Waals surface area contributed by atoms with Crippen molar-refractivity contribution in [1.29, 1.82) is 0 Å². The normalized spacial score (nSPS) is 17.4. The minimum absolute atomic E-state index is 0. The van der Waals surface area contributed by atoms with Gasteiger partial charge in [0.1, 0.15) is 5.75 Å². The molecule has 1 saturated heterocycles. The van der Waals surface area contributed by atoms with Crippen LogP contribution in [0.5, 0.6) is 5.75 Å². The van der Waals surface area contributed by atoms with Gasteiger partial charge < -0.3 is 10.4 Å². The van der Waals surface area contributed by atoms with Crippen molar-refractivity contribution < 1.29 is 5.11 Å². The predicted octanol–water partition coefficient (Wildman–Crippen LogP) is 2.96. The van der Waals surface area contributed by atoms with Crippen LogP contribution in [-0.2, 0) is 0 Å². The highest BCUT2D eigenvalue weighted by Gasteiger charge is 2.20. The molecule has 0 aliphatic carbocycles. The zero-order valence-corrected chi connectivity index (χ0v) is 13.4. The smallest absolute Gasteiger partial charge is 0.120 e. The van der Waals surface area contributed by atoms with Gasteiger partial charge >= 0.3 is 0 Å². The number of nitrogens with zero attached hydrogens (tertiary/aromatic N) is 1. The number of hydrogen-bond donors (Lipinski definition) is 2. The molecule has 1 aromatic rings. The Balaban J connectivity index is 0.00000144. The minimum atomic E-state index is 0. The van der Waals surface area contributed by atoms with Crippen LogP contribution in [0, 0.1) is 0 Å². The van der Waals surface area contributed by atoms with Crippen molar-refractivity contribution >= 4 is 40.7 Å². The predicted molar refractivity (Wildman–Crippen MR) is 83.2 cm³/mol. The van der Waals surface area contributed by atoms with Gasteiger partial charge in [0.25, 0.3) is 0 Å². The molecule has 3 nitrogen and oxygen atoms in total. The lowest BCUT2D eigenvalue weighted by molar-refractivity contribution is 0.183. The Morgan fingerprint density at radius 2 is 1.89 bits per heavy atom. The van der Waals surface area contributed by atoms with Crippen LogP contribution >= 0.6 is 40.7 Å². The Kier molecular flexibility index (Phi) is 8.23. The molecule has 1 fully saturated rings. The molecule has 104 valence electrons. The fourth-order valence-electron chi connectivity index (χ4n) is 2.13. The number of aromatic hydroxyl groups is 1. The van der Waals surface area contributed by atoms with Crippen LogP contribution in [0.1, 0.15) is 18.5 Å². The van der Waals surface area contributed by atoms with Crippen molar-refractivity contribution in [1.82, 2.24) is 10.2 Å². The van der Waals surface area contributed by atoms with Gasteiger partial charge in [-0.2, -0.15) is 0 Å². The highest BCUT2D eigenvalue weighted by molar-refractivity contribution is 9.10. The van der Waals surface area contributed by atoms with Crippen LogP contribution < -0.4 is 5.32 Å². The van der Waals surface area contributed by atoms with Gasteiger partial charge in [-0.1, -0.05) is 15.9 Å². The Morgan fingerprint density at radius 1 is 1.28 bits per heavy atom. The molecule has 0 aromatic heterocycles. The van der Waals surface area contributed by atoms with Crippen LogP contribution in [0.3, 0.4) is 0 Å². The maximum Gasteiger partial charge on any atom is 0.120 e. The highest BCUT2D eigenvalue weighted by Crippen LogP contribution is 2.30. The summed E-state index contributed by atoms with van der Waals surface area (Å²) >= 11 is 3.45. The molecule has 6 heteroatoms. The molecule has 1 atom stereocenters. The lowest BCUT2D eigenvalue weighted by Gasteiger charge is -2.33. The first-order valence-electron chi connectivity index (χ1n) is 5.61. The van der Waals surface area contributed by atoms with Crippen molar-refractivity contribution in [3.05, 3.63) is 28.2 Å². The monoisotopic (exact) mass is 356 g/mol. The summed E-state index contributed by atoms with van der Waals surface area (Å²) in [6.45, 7) is 6.27. The van der Waals surface area contributed by atoms with E-state index in [1.54, 1.807) is 6.07 Å². The van der Waals surface area contributed by atoms with Gasteiger partial charge in [-0.05, 0) is 25.1 Å². The molecule has 1 aliphatic heterocycles. The van der Waals surface area contributed by atoms with Gasteiger partial charge in [0.15, 0.2) is 0 Å². The van der Waals surface area contributed by atoms with Gasteiger partial charge in [0.2, 0.25) is 0 Å². The third-order valence-electron chi connectivity index (χ3n) is 3.14. The lowest BCUT2D eigenvalue weighted by atomic mass is 10.1. The second-order valence-electron chi connectivity index (χ2n) is 4.17. The summed E-state index contributed by atoms with van der Waals surface area (Å²) in [5.74, 6) is 0.384. The first-order valence-corrected chi connectivity index (χ1v) is 6.41. The fraction of sp³-hybridized carbons (Fsp3) is 0.500.